The lowest BCUT2D eigenvalue weighted by Crippen LogP contribution is -2.48. The van der Waals surface area contributed by atoms with Crippen LogP contribution >= 0.6 is 39.1 Å². The van der Waals surface area contributed by atoms with Crippen molar-refractivity contribution in [2.24, 2.45) is 5.92 Å². The van der Waals surface area contributed by atoms with Crippen molar-refractivity contribution < 1.29 is 27.9 Å². The zero-order valence-electron chi connectivity index (χ0n) is 20.3. The second kappa shape index (κ2) is 10.2. The molecule has 206 valence electrons. The van der Waals surface area contributed by atoms with Gasteiger partial charge in [-0.3, -0.25) is 15.0 Å². The van der Waals surface area contributed by atoms with Crippen molar-refractivity contribution in [2.75, 3.05) is 5.43 Å². The van der Waals surface area contributed by atoms with Crippen molar-refractivity contribution >= 4 is 56.8 Å². The van der Waals surface area contributed by atoms with Gasteiger partial charge in [0.1, 0.15) is 5.75 Å². The minimum atomic E-state index is -4.69. The number of fused-ring (bicyclic) bond motifs is 1. The Labute approximate surface area is 245 Å². The summed E-state index contributed by atoms with van der Waals surface area (Å²) in [6, 6.07) is 11.9. The summed E-state index contributed by atoms with van der Waals surface area (Å²) in [6.07, 6.45) is -0.628. The van der Waals surface area contributed by atoms with Crippen molar-refractivity contribution in [3.8, 4) is 5.75 Å². The predicted octanol–water partition coefficient (Wildman–Crippen LogP) is 7.43. The quantitative estimate of drug-likeness (QED) is 0.280. The summed E-state index contributed by atoms with van der Waals surface area (Å²) >= 11 is 15.7. The number of aromatic nitrogens is 1. The number of allylic oxidation sites excluding steroid dienone is 3. The van der Waals surface area contributed by atoms with Crippen LogP contribution in [0, 0.1) is 5.92 Å². The monoisotopic (exact) mass is 651 g/mol. The highest BCUT2D eigenvalue weighted by atomic mass is 79.9. The van der Waals surface area contributed by atoms with E-state index in [1.807, 2.05) is 0 Å². The number of carbonyl (C=O) groups is 2. The third-order valence-corrected chi connectivity index (χ3v) is 8.28. The maximum absolute atomic E-state index is 14.5. The SMILES string of the molecule is C=CC1=CCC2C(=O)N(Nc3ncc(C(F)(F)F)cc3Cl)C(=O)C2(c2ccc(Cl)cc2)C1c1cc(Br)ccc1O. The fourth-order valence-electron chi connectivity index (χ4n) is 5.52. The molecule has 12 heteroatoms. The molecule has 1 aliphatic heterocycles. The van der Waals surface area contributed by atoms with E-state index in [1.54, 1.807) is 48.6 Å². The number of phenolic OH excluding ortho intramolecular Hbond substituents is 1. The molecule has 6 nitrogen and oxygen atoms in total. The Morgan fingerprint density at radius 2 is 1.85 bits per heavy atom. The van der Waals surface area contributed by atoms with Crippen LogP contribution in [-0.4, -0.2) is 26.9 Å². The molecule has 1 aliphatic carbocycles. The molecule has 3 aromatic rings. The van der Waals surface area contributed by atoms with Crippen molar-refractivity contribution in [2.45, 2.75) is 23.9 Å². The van der Waals surface area contributed by atoms with Gasteiger partial charge in [-0.1, -0.05) is 70.0 Å². The number of anilines is 1. The van der Waals surface area contributed by atoms with Crippen LogP contribution in [0.25, 0.3) is 0 Å². The van der Waals surface area contributed by atoms with Gasteiger partial charge in [-0.25, -0.2) is 4.98 Å². The van der Waals surface area contributed by atoms with Gasteiger partial charge >= 0.3 is 6.18 Å². The summed E-state index contributed by atoms with van der Waals surface area (Å²) in [5.74, 6) is -3.60. The summed E-state index contributed by atoms with van der Waals surface area (Å²) in [7, 11) is 0. The number of aromatic hydroxyl groups is 1. The normalized spacial score (nSPS) is 22.6. The first-order valence-electron chi connectivity index (χ1n) is 11.8. The van der Waals surface area contributed by atoms with E-state index in [-0.39, 0.29) is 18.0 Å². The number of nitrogens with zero attached hydrogens (tertiary/aromatic N) is 2. The average molecular weight is 653 g/mol. The molecule has 5 rings (SSSR count). The minimum absolute atomic E-state index is 0.103. The summed E-state index contributed by atoms with van der Waals surface area (Å²) < 4.78 is 40.1. The van der Waals surface area contributed by atoms with E-state index in [0.717, 1.165) is 5.01 Å². The molecule has 2 heterocycles. The number of pyridine rings is 1. The number of hydrogen-bond acceptors (Lipinski definition) is 5. The maximum atomic E-state index is 14.5. The lowest BCUT2D eigenvalue weighted by molar-refractivity contribution is -0.139. The van der Waals surface area contributed by atoms with E-state index in [9.17, 15) is 27.9 Å². The van der Waals surface area contributed by atoms with Gasteiger partial charge in [0.05, 0.1) is 21.9 Å². The molecule has 2 aromatic carbocycles. The molecule has 3 atom stereocenters. The number of hydrogen-bond donors (Lipinski definition) is 2. The van der Waals surface area contributed by atoms with Gasteiger partial charge in [-0.05, 0) is 54.0 Å². The summed E-state index contributed by atoms with van der Waals surface area (Å²) in [5, 5.41) is 11.7. The minimum Gasteiger partial charge on any atom is -0.508 e. The molecule has 1 fully saturated rings. The first kappa shape index (κ1) is 28.2. The molecule has 1 saturated heterocycles. The zero-order chi connectivity index (χ0) is 29.0. The third kappa shape index (κ3) is 4.48. The van der Waals surface area contributed by atoms with Crippen molar-refractivity contribution in [1.82, 2.24) is 9.99 Å². The Balaban J connectivity index is 1.71. The number of amides is 2. The van der Waals surface area contributed by atoms with Crippen LogP contribution < -0.4 is 5.43 Å². The lowest BCUT2D eigenvalue weighted by Gasteiger charge is -2.43. The number of carbonyl (C=O) groups excluding carboxylic acids is 2. The van der Waals surface area contributed by atoms with E-state index < -0.39 is 45.8 Å². The summed E-state index contributed by atoms with van der Waals surface area (Å²) in [6.45, 7) is 3.91. The van der Waals surface area contributed by atoms with Gasteiger partial charge in [0.25, 0.3) is 11.8 Å². The Morgan fingerprint density at radius 1 is 1.15 bits per heavy atom. The van der Waals surface area contributed by atoms with Crippen molar-refractivity contribution in [3.63, 3.8) is 0 Å². The van der Waals surface area contributed by atoms with Gasteiger partial charge in [0.2, 0.25) is 0 Å². The first-order valence-corrected chi connectivity index (χ1v) is 13.4. The third-order valence-electron chi connectivity index (χ3n) is 7.25. The summed E-state index contributed by atoms with van der Waals surface area (Å²) in [5.41, 5.74) is 1.31. The molecule has 0 bridgehead atoms. The topological polar surface area (TPSA) is 82.5 Å². The van der Waals surface area contributed by atoms with Crippen LogP contribution in [0.4, 0.5) is 19.0 Å². The highest BCUT2D eigenvalue weighted by molar-refractivity contribution is 9.10. The molecule has 0 saturated carbocycles. The van der Waals surface area contributed by atoms with Crippen LogP contribution in [0.15, 0.2) is 83.5 Å². The van der Waals surface area contributed by atoms with Gasteiger partial charge in [-0.15, -0.1) is 0 Å². The fourth-order valence-corrected chi connectivity index (χ4v) is 6.23. The van der Waals surface area contributed by atoms with Crippen LogP contribution in [0.1, 0.15) is 29.0 Å². The lowest BCUT2D eigenvalue weighted by atomic mass is 9.56. The second-order valence-corrected chi connectivity index (χ2v) is 11.1. The van der Waals surface area contributed by atoms with Crippen molar-refractivity contribution in [1.29, 1.82) is 0 Å². The highest BCUT2D eigenvalue weighted by Crippen LogP contribution is 2.59. The molecule has 3 unspecified atom stereocenters. The number of rotatable bonds is 5. The number of nitrogens with one attached hydrogen (secondary N) is 1. The number of alkyl halides is 3. The van der Waals surface area contributed by atoms with Crippen molar-refractivity contribution in [3.05, 3.63) is 110 Å². The predicted molar refractivity (Wildman–Crippen MR) is 148 cm³/mol. The molecule has 0 spiro atoms. The van der Waals surface area contributed by atoms with Gasteiger partial charge in [0.15, 0.2) is 5.82 Å². The van der Waals surface area contributed by atoms with Crippen LogP contribution in [0.3, 0.4) is 0 Å². The Kier molecular flexibility index (Phi) is 7.22. The van der Waals surface area contributed by atoms with Crippen LogP contribution in [0.2, 0.25) is 10.0 Å². The van der Waals surface area contributed by atoms with Gasteiger partial charge in [0, 0.05) is 27.2 Å². The Bertz CT molecular complexity index is 1580. The molecular formula is C28H19BrCl2F3N3O3. The van der Waals surface area contributed by atoms with E-state index >= 15 is 0 Å². The standard InChI is InChI=1S/C28H19BrCl2F3N3O3/c1-2-14-3-9-20-25(39)37(36-24-21(31)11-16(13-35-24)28(32,33)34)26(40)27(20,15-4-7-18(30)8-5-15)23(14)19-12-17(29)6-10-22(19)38/h2-8,10-13,20,23,38H,1,9H2,(H,35,36). The number of hydrazine groups is 1. The largest absolute Gasteiger partial charge is 0.508 e. The molecule has 0 radical (unpaired) electrons. The van der Waals surface area contributed by atoms with Crippen LogP contribution in [-0.2, 0) is 21.2 Å². The van der Waals surface area contributed by atoms with Crippen LogP contribution in [0.5, 0.6) is 5.75 Å². The smallest absolute Gasteiger partial charge is 0.417 e. The summed E-state index contributed by atoms with van der Waals surface area (Å²) in [4.78, 5) is 32.2. The number of benzene rings is 2. The molecule has 40 heavy (non-hydrogen) atoms. The molecular weight excluding hydrogens is 634 g/mol. The van der Waals surface area contributed by atoms with E-state index in [1.165, 1.54) is 6.07 Å². The molecule has 2 N–H and O–H groups in total. The average Bonchev–Trinajstić information content (AvgIpc) is 3.12. The number of phenols is 1. The molecule has 2 amide bonds. The number of halogens is 6. The van der Waals surface area contributed by atoms with Gasteiger partial charge in [-0.2, -0.15) is 18.2 Å². The van der Waals surface area contributed by atoms with Gasteiger partial charge < -0.3 is 5.11 Å². The number of imide groups is 1. The fraction of sp³-hybridized carbons (Fsp3) is 0.179. The van der Waals surface area contributed by atoms with E-state index in [0.29, 0.717) is 38.5 Å². The van der Waals surface area contributed by atoms with E-state index in [2.05, 4.69) is 32.9 Å². The second-order valence-electron chi connectivity index (χ2n) is 9.35. The first-order chi connectivity index (χ1) is 18.9. The van der Waals surface area contributed by atoms with E-state index in [4.69, 9.17) is 23.2 Å². The maximum Gasteiger partial charge on any atom is 0.417 e. The Hall–Kier alpha value is -3.34. The zero-order valence-corrected chi connectivity index (χ0v) is 23.4. The molecule has 2 aliphatic rings. The highest BCUT2D eigenvalue weighted by Gasteiger charge is 2.66. The Morgan fingerprint density at radius 3 is 2.48 bits per heavy atom. The molecule has 1 aromatic heterocycles.